The smallest absolute Gasteiger partial charge is 0.0926 e. The quantitative estimate of drug-likeness (QED) is 0.552. The summed E-state index contributed by atoms with van der Waals surface area (Å²) in [5, 5.41) is 3.21. The first-order valence-corrected chi connectivity index (χ1v) is 5.51. The van der Waals surface area contributed by atoms with Crippen LogP contribution in [0.4, 0.5) is 0 Å². The third-order valence-corrected chi connectivity index (χ3v) is 2.69. The zero-order chi connectivity index (χ0) is 10.2. The van der Waals surface area contributed by atoms with Crippen LogP contribution in [0.15, 0.2) is 5.38 Å². The largest absolute Gasteiger partial charge is 0.382 e. The van der Waals surface area contributed by atoms with E-state index in [9.17, 15) is 0 Å². The summed E-state index contributed by atoms with van der Waals surface area (Å²) in [7, 11) is 1.65. The molecule has 80 valence electrons. The molecule has 14 heavy (non-hydrogen) atoms. The van der Waals surface area contributed by atoms with Crippen LogP contribution in [0.25, 0.3) is 0 Å². The molecule has 1 heterocycles. The number of nitrogens with one attached hydrogen (secondary N) is 1. The van der Waals surface area contributed by atoms with Crippen molar-refractivity contribution >= 4 is 11.3 Å². The molecule has 4 nitrogen and oxygen atoms in total. The van der Waals surface area contributed by atoms with Crippen molar-refractivity contribution in [1.82, 2.24) is 10.5 Å². The Morgan fingerprint density at radius 3 is 3.00 bits per heavy atom. The summed E-state index contributed by atoms with van der Waals surface area (Å²) in [6.45, 7) is 3.91. The van der Waals surface area contributed by atoms with Gasteiger partial charge in [0.25, 0.3) is 0 Å². The van der Waals surface area contributed by atoms with Gasteiger partial charge in [-0.1, -0.05) is 6.92 Å². The molecule has 0 aliphatic carbocycles. The van der Waals surface area contributed by atoms with E-state index in [1.807, 2.05) is 5.38 Å². The zero-order valence-electron chi connectivity index (χ0n) is 8.58. The van der Waals surface area contributed by atoms with Crippen molar-refractivity contribution < 1.29 is 9.57 Å². The number of aryl methyl sites for hydroxylation is 1. The van der Waals surface area contributed by atoms with E-state index in [-0.39, 0.29) is 0 Å². The lowest BCUT2D eigenvalue weighted by molar-refractivity contribution is 0.00304. The van der Waals surface area contributed by atoms with E-state index in [4.69, 9.17) is 9.57 Å². The van der Waals surface area contributed by atoms with Gasteiger partial charge in [-0.05, 0) is 6.42 Å². The predicted molar refractivity (Wildman–Crippen MR) is 56.2 cm³/mol. The van der Waals surface area contributed by atoms with Crippen molar-refractivity contribution in [3.63, 3.8) is 0 Å². The minimum Gasteiger partial charge on any atom is -0.382 e. The van der Waals surface area contributed by atoms with Crippen LogP contribution in [0.1, 0.15) is 17.6 Å². The molecule has 1 aromatic heterocycles. The molecular weight excluding hydrogens is 200 g/mol. The highest BCUT2D eigenvalue weighted by Crippen LogP contribution is 2.09. The van der Waals surface area contributed by atoms with Gasteiger partial charge >= 0.3 is 0 Å². The van der Waals surface area contributed by atoms with E-state index in [1.165, 1.54) is 5.01 Å². The van der Waals surface area contributed by atoms with Crippen LogP contribution < -0.4 is 5.48 Å². The van der Waals surface area contributed by atoms with E-state index in [0.29, 0.717) is 19.8 Å². The van der Waals surface area contributed by atoms with Gasteiger partial charge in [-0.3, -0.25) is 4.84 Å². The van der Waals surface area contributed by atoms with E-state index >= 15 is 0 Å². The van der Waals surface area contributed by atoms with Crippen LogP contribution in [0.3, 0.4) is 0 Å². The fourth-order valence-corrected chi connectivity index (χ4v) is 1.66. The second kappa shape index (κ2) is 6.89. The van der Waals surface area contributed by atoms with Crippen molar-refractivity contribution in [3.8, 4) is 0 Å². The molecule has 0 saturated carbocycles. The van der Waals surface area contributed by atoms with Gasteiger partial charge < -0.3 is 4.74 Å². The Kier molecular flexibility index (Phi) is 5.70. The maximum absolute atomic E-state index is 5.11. The summed E-state index contributed by atoms with van der Waals surface area (Å²) in [4.78, 5) is 9.50. The van der Waals surface area contributed by atoms with Gasteiger partial charge in [0, 0.05) is 12.5 Å². The van der Waals surface area contributed by atoms with Gasteiger partial charge in [-0.15, -0.1) is 11.3 Å². The molecule has 1 aromatic rings. The van der Waals surface area contributed by atoms with Gasteiger partial charge in [0.2, 0.25) is 0 Å². The highest BCUT2D eigenvalue weighted by Gasteiger charge is 1.98. The van der Waals surface area contributed by atoms with Crippen LogP contribution in [-0.2, 0) is 22.5 Å². The van der Waals surface area contributed by atoms with E-state index in [0.717, 1.165) is 12.1 Å². The average Bonchev–Trinajstić information content (AvgIpc) is 2.65. The third-order valence-electron chi connectivity index (χ3n) is 1.65. The second-order valence-electron chi connectivity index (χ2n) is 2.75. The third kappa shape index (κ3) is 4.15. The molecule has 0 fully saturated rings. The number of methoxy groups -OCH3 is 1. The fourth-order valence-electron chi connectivity index (χ4n) is 0.915. The summed E-state index contributed by atoms with van der Waals surface area (Å²) >= 11 is 1.69. The van der Waals surface area contributed by atoms with Gasteiger partial charge in [-0.25, -0.2) is 4.98 Å². The van der Waals surface area contributed by atoms with Crippen molar-refractivity contribution in [2.45, 2.75) is 19.9 Å². The zero-order valence-corrected chi connectivity index (χ0v) is 9.39. The molecule has 0 radical (unpaired) electrons. The standard InChI is InChI=1S/C9H16N2O2S/c1-3-9-11-8(7-14-9)6-10-13-5-4-12-2/h7,10H,3-6H2,1-2H3. The van der Waals surface area contributed by atoms with Crippen molar-refractivity contribution in [2.75, 3.05) is 20.3 Å². The first kappa shape index (κ1) is 11.6. The molecule has 0 bridgehead atoms. The molecule has 0 aliphatic heterocycles. The maximum atomic E-state index is 5.11. The summed E-state index contributed by atoms with van der Waals surface area (Å²) in [5.41, 5.74) is 3.87. The number of aromatic nitrogens is 1. The Balaban J connectivity index is 2.12. The minimum absolute atomic E-state index is 0.557. The molecule has 0 amide bonds. The topological polar surface area (TPSA) is 43.4 Å². The second-order valence-corrected chi connectivity index (χ2v) is 3.69. The Labute approximate surface area is 88.2 Å². The highest BCUT2D eigenvalue weighted by atomic mass is 32.1. The first-order valence-electron chi connectivity index (χ1n) is 4.63. The average molecular weight is 216 g/mol. The maximum Gasteiger partial charge on any atom is 0.0926 e. The Morgan fingerprint density at radius 1 is 1.50 bits per heavy atom. The highest BCUT2D eigenvalue weighted by molar-refractivity contribution is 7.09. The number of ether oxygens (including phenoxy) is 1. The van der Waals surface area contributed by atoms with Gasteiger partial charge in [-0.2, -0.15) is 5.48 Å². The predicted octanol–water partition coefficient (Wildman–Crippen LogP) is 1.37. The van der Waals surface area contributed by atoms with E-state index < -0.39 is 0 Å². The lowest BCUT2D eigenvalue weighted by Gasteiger charge is -2.02. The molecule has 1 rings (SSSR count). The minimum atomic E-state index is 0.557. The van der Waals surface area contributed by atoms with Crippen molar-refractivity contribution in [3.05, 3.63) is 16.1 Å². The summed E-state index contributed by atoms with van der Waals surface area (Å²) in [6.07, 6.45) is 0.995. The lowest BCUT2D eigenvalue weighted by Crippen LogP contribution is -2.17. The number of nitrogens with zero attached hydrogens (tertiary/aromatic N) is 1. The summed E-state index contributed by atoms with van der Waals surface area (Å²) < 4.78 is 4.84. The van der Waals surface area contributed by atoms with Gasteiger partial charge in [0.05, 0.1) is 30.5 Å². The number of thiazole rings is 1. The van der Waals surface area contributed by atoms with Crippen LogP contribution in [0.5, 0.6) is 0 Å². The first-order chi connectivity index (χ1) is 6.86. The normalized spacial score (nSPS) is 10.7. The summed E-state index contributed by atoms with van der Waals surface area (Å²) in [5.74, 6) is 0. The van der Waals surface area contributed by atoms with Crippen LogP contribution >= 0.6 is 11.3 Å². The van der Waals surface area contributed by atoms with Crippen LogP contribution in [-0.4, -0.2) is 25.3 Å². The van der Waals surface area contributed by atoms with Gasteiger partial charge in [0.1, 0.15) is 0 Å². The Bertz CT molecular complexity index is 253. The molecule has 0 aliphatic rings. The van der Waals surface area contributed by atoms with Crippen molar-refractivity contribution in [2.24, 2.45) is 0 Å². The van der Waals surface area contributed by atoms with E-state index in [2.05, 4.69) is 17.4 Å². The molecule has 0 atom stereocenters. The monoisotopic (exact) mass is 216 g/mol. The molecule has 5 heteroatoms. The molecule has 0 aromatic carbocycles. The lowest BCUT2D eigenvalue weighted by atomic mass is 10.5. The molecule has 0 unspecified atom stereocenters. The molecule has 1 N–H and O–H groups in total. The Hall–Kier alpha value is -0.490. The van der Waals surface area contributed by atoms with Crippen LogP contribution in [0.2, 0.25) is 0 Å². The summed E-state index contributed by atoms with van der Waals surface area (Å²) in [6, 6.07) is 0. The fraction of sp³-hybridized carbons (Fsp3) is 0.667. The number of hydroxylamine groups is 1. The molecular formula is C9H16N2O2S. The number of hydrogen-bond acceptors (Lipinski definition) is 5. The Morgan fingerprint density at radius 2 is 2.36 bits per heavy atom. The van der Waals surface area contributed by atoms with Crippen molar-refractivity contribution in [1.29, 1.82) is 0 Å². The number of hydrogen-bond donors (Lipinski definition) is 1. The van der Waals surface area contributed by atoms with E-state index in [1.54, 1.807) is 18.4 Å². The number of rotatable bonds is 7. The van der Waals surface area contributed by atoms with Crippen LogP contribution in [0, 0.1) is 0 Å². The van der Waals surface area contributed by atoms with Gasteiger partial charge in [0.15, 0.2) is 0 Å². The molecule has 0 saturated heterocycles. The molecule has 0 spiro atoms. The SMILES string of the molecule is CCc1nc(CNOCCOC)cs1.